The first-order valence-corrected chi connectivity index (χ1v) is 7.64. The molecule has 3 N–H and O–H groups in total. The molecule has 7 nitrogen and oxygen atoms in total. The number of hydrogen-bond acceptors (Lipinski definition) is 5. The van der Waals surface area contributed by atoms with Gasteiger partial charge in [-0.05, 0) is 18.4 Å². The van der Waals surface area contributed by atoms with Crippen LogP contribution in [0, 0.1) is 23.0 Å². The van der Waals surface area contributed by atoms with Crippen molar-refractivity contribution >= 4 is 15.7 Å². The molecule has 0 radical (unpaired) electrons. The van der Waals surface area contributed by atoms with Crippen LogP contribution >= 0.6 is 0 Å². The minimum atomic E-state index is -3.97. The van der Waals surface area contributed by atoms with E-state index in [1.165, 1.54) is 25.1 Å². The van der Waals surface area contributed by atoms with E-state index in [1.54, 1.807) is 0 Å². The van der Waals surface area contributed by atoms with Gasteiger partial charge >= 0.3 is 0 Å². The zero-order valence-corrected chi connectivity index (χ0v) is 12.5. The Bertz CT molecular complexity index is 599. The number of sulfonamides is 1. The molecular weight excluding hydrogens is 282 g/mol. The van der Waals surface area contributed by atoms with Crippen molar-refractivity contribution in [3.05, 3.63) is 33.9 Å². The second kappa shape index (κ2) is 6.29. The lowest BCUT2D eigenvalue weighted by Gasteiger charge is -2.16. The zero-order valence-electron chi connectivity index (χ0n) is 11.7. The van der Waals surface area contributed by atoms with E-state index in [2.05, 4.69) is 4.72 Å². The Kier molecular flexibility index (Phi) is 5.21. The summed E-state index contributed by atoms with van der Waals surface area (Å²) < 4.78 is 26.8. The highest BCUT2D eigenvalue weighted by Gasteiger charge is 2.28. The van der Waals surface area contributed by atoms with Crippen molar-refractivity contribution in [2.24, 2.45) is 11.7 Å². The number of nitro benzene ring substituents is 1. The first kappa shape index (κ1) is 16.5. The standard InChI is InChI=1S/C12H19N3O4S/c1-8(2)10(13)7-14-20(18,19)12-9(3)5-4-6-11(12)15(16)17/h4-6,8,10,14H,7,13H2,1-3H3. The summed E-state index contributed by atoms with van der Waals surface area (Å²) in [4.78, 5) is 9.95. The quantitative estimate of drug-likeness (QED) is 0.604. The van der Waals surface area contributed by atoms with Crippen molar-refractivity contribution in [1.29, 1.82) is 0 Å². The second-order valence-corrected chi connectivity index (χ2v) is 6.64. The van der Waals surface area contributed by atoms with Crippen molar-refractivity contribution < 1.29 is 13.3 Å². The molecule has 0 spiro atoms. The smallest absolute Gasteiger partial charge is 0.289 e. The predicted octanol–water partition coefficient (Wildman–Crippen LogP) is 1.16. The van der Waals surface area contributed by atoms with E-state index in [-0.39, 0.29) is 23.4 Å². The maximum Gasteiger partial charge on any atom is 0.289 e. The molecule has 0 heterocycles. The van der Waals surface area contributed by atoms with Gasteiger partial charge in [0.1, 0.15) is 0 Å². The minimum absolute atomic E-state index is 0.0332. The molecule has 0 aliphatic carbocycles. The summed E-state index contributed by atoms with van der Waals surface area (Å²) in [5, 5.41) is 11.0. The van der Waals surface area contributed by atoms with E-state index in [9.17, 15) is 18.5 Å². The molecule has 0 saturated carbocycles. The zero-order chi connectivity index (χ0) is 15.5. The Balaban J connectivity index is 3.13. The highest BCUT2D eigenvalue weighted by atomic mass is 32.2. The van der Waals surface area contributed by atoms with Crippen LogP contribution in [0.4, 0.5) is 5.69 Å². The molecular formula is C12H19N3O4S. The van der Waals surface area contributed by atoms with Gasteiger partial charge in [-0.3, -0.25) is 10.1 Å². The maximum absolute atomic E-state index is 12.2. The molecule has 1 aromatic carbocycles. The van der Waals surface area contributed by atoms with Crippen LogP contribution in [0.2, 0.25) is 0 Å². The molecule has 112 valence electrons. The molecule has 20 heavy (non-hydrogen) atoms. The van der Waals surface area contributed by atoms with Crippen LogP contribution in [0.1, 0.15) is 19.4 Å². The topological polar surface area (TPSA) is 115 Å². The van der Waals surface area contributed by atoms with Crippen LogP contribution in [-0.2, 0) is 10.0 Å². The lowest BCUT2D eigenvalue weighted by molar-refractivity contribution is -0.387. The van der Waals surface area contributed by atoms with Crippen LogP contribution in [-0.4, -0.2) is 25.9 Å². The lowest BCUT2D eigenvalue weighted by Crippen LogP contribution is -2.40. The van der Waals surface area contributed by atoms with E-state index in [1.807, 2.05) is 13.8 Å². The van der Waals surface area contributed by atoms with Gasteiger partial charge in [0.15, 0.2) is 4.90 Å². The van der Waals surface area contributed by atoms with Crippen molar-refractivity contribution in [3.63, 3.8) is 0 Å². The highest BCUT2D eigenvalue weighted by molar-refractivity contribution is 7.89. The molecule has 0 fully saturated rings. The first-order chi connectivity index (χ1) is 9.16. The fourth-order valence-electron chi connectivity index (χ4n) is 1.64. The molecule has 1 aromatic rings. The van der Waals surface area contributed by atoms with Gasteiger partial charge in [0.05, 0.1) is 4.92 Å². The summed E-state index contributed by atoms with van der Waals surface area (Å²) in [5.41, 5.74) is 5.67. The van der Waals surface area contributed by atoms with Gasteiger partial charge in [-0.2, -0.15) is 0 Å². The SMILES string of the molecule is Cc1cccc([N+](=O)[O-])c1S(=O)(=O)NCC(N)C(C)C. The maximum atomic E-state index is 12.2. The summed E-state index contributed by atoms with van der Waals surface area (Å²) in [7, 11) is -3.97. The number of rotatable bonds is 6. The number of hydrogen-bond donors (Lipinski definition) is 2. The average Bonchev–Trinajstić information content (AvgIpc) is 2.35. The van der Waals surface area contributed by atoms with Crippen molar-refractivity contribution in [2.45, 2.75) is 31.7 Å². The summed E-state index contributed by atoms with van der Waals surface area (Å²) >= 11 is 0. The number of aryl methyl sites for hydroxylation is 1. The molecule has 8 heteroatoms. The Hall–Kier alpha value is -1.51. The Morgan fingerprint density at radius 2 is 2.00 bits per heavy atom. The summed E-state index contributed by atoms with van der Waals surface area (Å²) in [6.07, 6.45) is 0. The molecule has 1 rings (SSSR count). The van der Waals surface area contributed by atoms with Gasteiger partial charge in [-0.1, -0.05) is 26.0 Å². The van der Waals surface area contributed by atoms with E-state index in [0.717, 1.165) is 0 Å². The molecule has 0 saturated heterocycles. The Labute approximate surface area is 118 Å². The van der Waals surface area contributed by atoms with Crippen molar-refractivity contribution in [1.82, 2.24) is 4.72 Å². The predicted molar refractivity (Wildman–Crippen MR) is 75.8 cm³/mol. The summed E-state index contributed by atoms with van der Waals surface area (Å²) in [6.45, 7) is 5.29. The van der Waals surface area contributed by atoms with Gasteiger partial charge in [0.2, 0.25) is 10.0 Å². The third kappa shape index (κ3) is 3.75. The van der Waals surface area contributed by atoms with E-state index in [0.29, 0.717) is 5.56 Å². The number of nitrogens with zero attached hydrogens (tertiary/aromatic N) is 1. The fraction of sp³-hybridized carbons (Fsp3) is 0.500. The van der Waals surface area contributed by atoms with Crippen LogP contribution in [0.5, 0.6) is 0 Å². The van der Waals surface area contributed by atoms with E-state index < -0.39 is 20.6 Å². The molecule has 1 unspecified atom stereocenters. The first-order valence-electron chi connectivity index (χ1n) is 6.16. The van der Waals surface area contributed by atoms with Crippen molar-refractivity contribution in [3.8, 4) is 0 Å². The largest absolute Gasteiger partial charge is 0.326 e. The molecule has 0 amide bonds. The van der Waals surface area contributed by atoms with Crippen LogP contribution in [0.3, 0.4) is 0 Å². The molecule has 0 bridgehead atoms. The summed E-state index contributed by atoms with van der Waals surface area (Å²) in [6, 6.07) is 3.79. The van der Waals surface area contributed by atoms with Gasteiger partial charge in [0, 0.05) is 18.7 Å². The summed E-state index contributed by atoms with van der Waals surface area (Å²) in [5.74, 6) is 0.101. The van der Waals surface area contributed by atoms with Gasteiger partial charge in [-0.25, -0.2) is 13.1 Å². The number of benzene rings is 1. The highest BCUT2D eigenvalue weighted by Crippen LogP contribution is 2.26. The van der Waals surface area contributed by atoms with Gasteiger partial charge in [-0.15, -0.1) is 0 Å². The van der Waals surface area contributed by atoms with Crippen LogP contribution in [0.25, 0.3) is 0 Å². The second-order valence-electron chi connectivity index (χ2n) is 4.94. The molecule has 1 atom stereocenters. The fourth-order valence-corrected chi connectivity index (χ4v) is 3.11. The van der Waals surface area contributed by atoms with Crippen molar-refractivity contribution in [2.75, 3.05) is 6.54 Å². The van der Waals surface area contributed by atoms with Gasteiger partial charge < -0.3 is 5.73 Å². The third-order valence-corrected chi connectivity index (χ3v) is 4.64. The van der Waals surface area contributed by atoms with Crippen LogP contribution in [0.15, 0.2) is 23.1 Å². The molecule has 0 aliphatic rings. The van der Waals surface area contributed by atoms with E-state index >= 15 is 0 Å². The third-order valence-electron chi connectivity index (χ3n) is 3.02. The minimum Gasteiger partial charge on any atom is -0.326 e. The van der Waals surface area contributed by atoms with E-state index in [4.69, 9.17) is 5.73 Å². The Morgan fingerprint density at radius 3 is 2.50 bits per heavy atom. The lowest BCUT2D eigenvalue weighted by atomic mass is 10.1. The average molecular weight is 301 g/mol. The number of nitro groups is 1. The number of nitrogens with two attached hydrogens (primary N) is 1. The molecule has 0 aromatic heterocycles. The normalized spacial score (nSPS) is 13.4. The number of nitrogens with one attached hydrogen (secondary N) is 1. The molecule has 0 aliphatic heterocycles. The monoisotopic (exact) mass is 301 g/mol. The van der Waals surface area contributed by atoms with Crippen LogP contribution < -0.4 is 10.5 Å². The Morgan fingerprint density at radius 1 is 1.40 bits per heavy atom. The van der Waals surface area contributed by atoms with Gasteiger partial charge in [0.25, 0.3) is 5.69 Å².